The first-order valence-electron chi connectivity index (χ1n) is 5.64. The van der Waals surface area contributed by atoms with Crippen LogP contribution in [0, 0.1) is 0 Å². The number of carbonyl (C=O) groups excluding carboxylic acids is 1. The number of hydrogen-bond acceptors (Lipinski definition) is 3. The van der Waals surface area contributed by atoms with E-state index in [1.54, 1.807) is 0 Å². The van der Waals surface area contributed by atoms with Crippen LogP contribution in [-0.4, -0.2) is 41.4 Å². The van der Waals surface area contributed by atoms with Gasteiger partial charge in [0.05, 0.1) is 6.42 Å². The van der Waals surface area contributed by atoms with Crippen LogP contribution < -0.4 is 0 Å². The maximum absolute atomic E-state index is 11.3. The van der Waals surface area contributed by atoms with Gasteiger partial charge < -0.3 is 10.0 Å². The molecular weight excluding hydrogens is 230 g/mol. The van der Waals surface area contributed by atoms with Crippen LogP contribution in [0.5, 0.6) is 0 Å². The first-order valence-corrected chi connectivity index (χ1v) is 5.64. The molecule has 1 fully saturated rings. The van der Waals surface area contributed by atoms with Gasteiger partial charge in [0.1, 0.15) is 5.78 Å². The molecular formula is C11H20ClNO3. The topological polar surface area (TPSA) is 57.6 Å². The summed E-state index contributed by atoms with van der Waals surface area (Å²) in [4.78, 5) is 23.8. The molecule has 94 valence electrons. The molecule has 0 aromatic carbocycles. The van der Waals surface area contributed by atoms with E-state index in [4.69, 9.17) is 5.11 Å². The Morgan fingerprint density at radius 1 is 1.00 bits per heavy atom. The fourth-order valence-corrected chi connectivity index (χ4v) is 1.84. The molecule has 1 N–H and O–H groups in total. The van der Waals surface area contributed by atoms with E-state index in [-0.39, 0.29) is 31.0 Å². The van der Waals surface area contributed by atoms with Crippen molar-refractivity contribution in [1.82, 2.24) is 4.90 Å². The third kappa shape index (κ3) is 6.80. The summed E-state index contributed by atoms with van der Waals surface area (Å²) in [7, 11) is 0. The molecule has 0 radical (unpaired) electrons. The largest absolute Gasteiger partial charge is 0.481 e. The van der Waals surface area contributed by atoms with Gasteiger partial charge in [-0.05, 0) is 25.9 Å². The summed E-state index contributed by atoms with van der Waals surface area (Å²) < 4.78 is 0. The van der Waals surface area contributed by atoms with Gasteiger partial charge in [-0.1, -0.05) is 6.42 Å². The van der Waals surface area contributed by atoms with Crippen molar-refractivity contribution < 1.29 is 14.7 Å². The van der Waals surface area contributed by atoms with E-state index in [0.717, 1.165) is 19.6 Å². The van der Waals surface area contributed by atoms with Crippen LogP contribution in [0.2, 0.25) is 0 Å². The van der Waals surface area contributed by atoms with Gasteiger partial charge in [-0.2, -0.15) is 0 Å². The Bertz CT molecular complexity index is 227. The third-order valence-corrected chi connectivity index (χ3v) is 2.77. The summed E-state index contributed by atoms with van der Waals surface area (Å²) in [6.07, 6.45) is 4.41. The standard InChI is InChI=1S/C11H19NO3.ClH/c13-10(4-5-11(14)15)6-9-12-7-2-1-3-8-12;/h1-9H2,(H,14,15);1H. The highest BCUT2D eigenvalue weighted by Crippen LogP contribution is 2.09. The van der Waals surface area contributed by atoms with Crippen molar-refractivity contribution in [3.8, 4) is 0 Å². The molecule has 1 saturated heterocycles. The molecule has 0 unspecified atom stereocenters. The predicted octanol–water partition coefficient (Wildman–Crippen LogP) is 1.72. The molecule has 0 bridgehead atoms. The van der Waals surface area contributed by atoms with E-state index >= 15 is 0 Å². The highest BCUT2D eigenvalue weighted by molar-refractivity contribution is 5.85. The van der Waals surface area contributed by atoms with Crippen LogP contribution in [0.1, 0.15) is 38.5 Å². The zero-order valence-corrected chi connectivity index (χ0v) is 10.3. The lowest BCUT2D eigenvalue weighted by Crippen LogP contribution is -2.31. The molecule has 1 heterocycles. The number of carbonyl (C=O) groups is 2. The normalized spacial score (nSPS) is 16.5. The van der Waals surface area contributed by atoms with Crippen molar-refractivity contribution in [3.05, 3.63) is 0 Å². The average Bonchev–Trinajstić information content (AvgIpc) is 2.25. The Labute approximate surface area is 102 Å². The Hall–Kier alpha value is -0.610. The lowest BCUT2D eigenvalue weighted by Gasteiger charge is -2.25. The molecule has 1 rings (SSSR count). The molecule has 16 heavy (non-hydrogen) atoms. The second kappa shape index (κ2) is 8.53. The van der Waals surface area contributed by atoms with E-state index in [1.807, 2.05) is 0 Å². The van der Waals surface area contributed by atoms with Crippen LogP contribution in [0.4, 0.5) is 0 Å². The number of piperidine rings is 1. The molecule has 0 spiro atoms. The quantitative estimate of drug-likeness (QED) is 0.779. The maximum atomic E-state index is 11.3. The Morgan fingerprint density at radius 2 is 1.62 bits per heavy atom. The fraction of sp³-hybridized carbons (Fsp3) is 0.818. The number of carboxylic acid groups (broad SMARTS) is 1. The van der Waals surface area contributed by atoms with Gasteiger partial charge in [0.2, 0.25) is 0 Å². The van der Waals surface area contributed by atoms with E-state index in [0.29, 0.717) is 6.42 Å². The van der Waals surface area contributed by atoms with Gasteiger partial charge in [-0.15, -0.1) is 12.4 Å². The molecule has 0 saturated carbocycles. The highest BCUT2D eigenvalue weighted by atomic mass is 35.5. The van der Waals surface area contributed by atoms with Crippen molar-refractivity contribution in [2.45, 2.75) is 38.5 Å². The Balaban J connectivity index is 0.00000225. The average molecular weight is 250 g/mol. The second-order valence-electron chi connectivity index (χ2n) is 4.08. The van der Waals surface area contributed by atoms with Gasteiger partial charge >= 0.3 is 5.97 Å². The number of rotatable bonds is 6. The van der Waals surface area contributed by atoms with E-state index in [2.05, 4.69) is 4.90 Å². The smallest absolute Gasteiger partial charge is 0.303 e. The van der Waals surface area contributed by atoms with Crippen molar-refractivity contribution in [2.24, 2.45) is 0 Å². The molecule has 5 heteroatoms. The lowest BCUT2D eigenvalue weighted by molar-refractivity contribution is -0.138. The minimum absolute atomic E-state index is 0. The molecule has 1 aliphatic heterocycles. The SMILES string of the molecule is Cl.O=C(O)CCC(=O)CCN1CCCCC1. The molecule has 0 atom stereocenters. The van der Waals surface area contributed by atoms with Crippen molar-refractivity contribution in [1.29, 1.82) is 0 Å². The minimum atomic E-state index is -0.888. The summed E-state index contributed by atoms with van der Waals surface area (Å²) in [6, 6.07) is 0. The van der Waals surface area contributed by atoms with Crippen LogP contribution in [0.25, 0.3) is 0 Å². The van der Waals surface area contributed by atoms with Gasteiger partial charge in [-0.3, -0.25) is 9.59 Å². The molecule has 1 aliphatic rings. The first kappa shape index (κ1) is 15.4. The van der Waals surface area contributed by atoms with Gasteiger partial charge in [-0.25, -0.2) is 0 Å². The highest BCUT2D eigenvalue weighted by Gasteiger charge is 2.12. The van der Waals surface area contributed by atoms with Gasteiger partial charge in [0.15, 0.2) is 0 Å². The molecule has 4 nitrogen and oxygen atoms in total. The maximum Gasteiger partial charge on any atom is 0.303 e. The van der Waals surface area contributed by atoms with Gasteiger partial charge in [0.25, 0.3) is 0 Å². The van der Waals surface area contributed by atoms with E-state index in [9.17, 15) is 9.59 Å². The number of Topliss-reactive ketones (excluding diaryl/α,β-unsaturated/α-hetero) is 1. The Kier molecular flexibility index (Phi) is 8.21. The van der Waals surface area contributed by atoms with Crippen molar-refractivity contribution >= 4 is 24.2 Å². The van der Waals surface area contributed by atoms with Crippen LogP contribution in [0.15, 0.2) is 0 Å². The zero-order chi connectivity index (χ0) is 11.1. The predicted molar refractivity (Wildman–Crippen MR) is 64.0 cm³/mol. The number of likely N-dealkylation sites (tertiary alicyclic amines) is 1. The third-order valence-electron chi connectivity index (χ3n) is 2.77. The monoisotopic (exact) mass is 249 g/mol. The number of halogens is 1. The summed E-state index contributed by atoms with van der Waals surface area (Å²) in [5.74, 6) is -0.815. The number of carboxylic acids is 1. The number of hydrogen-bond donors (Lipinski definition) is 1. The zero-order valence-electron chi connectivity index (χ0n) is 9.48. The summed E-state index contributed by atoms with van der Waals surface area (Å²) in [6.45, 7) is 2.98. The van der Waals surface area contributed by atoms with Crippen molar-refractivity contribution in [3.63, 3.8) is 0 Å². The Morgan fingerprint density at radius 3 is 2.19 bits per heavy atom. The first-order chi connectivity index (χ1) is 7.18. The van der Waals surface area contributed by atoms with Gasteiger partial charge in [0, 0.05) is 19.4 Å². The number of aliphatic carboxylic acids is 1. The molecule has 0 aliphatic carbocycles. The van der Waals surface area contributed by atoms with Crippen LogP contribution >= 0.6 is 12.4 Å². The summed E-state index contributed by atoms with van der Waals surface area (Å²) in [5.41, 5.74) is 0. The minimum Gasteiger partial charge on any atom is -0.481 e. The molecule has 0 amide bonds. The molecule has 0 aromatic heterocycles. The molecule has 0 aromatic rings. The summed E-state index contributed by atoms with van der Waals surface area (Å²) in [5, 5.41) is 8.42. The van der Waals surface area contributed by atoms with Crippen LogP contribution in [-0.2, 0) is 9.59 Å². The second-order valence-corrected chi connectivity index (χ2v) is 4.08. The lowest BCUT2D eigenvalue weighted by atomic mass is 10.1. The summed E-state index contributed by atoms with van der Waals surface area (Å²) >= 11 is 0. The van der Waals surface area contributed by atoms with E-state index < -0.39 is 5.97 Å². The fourth-order valence-electron chi connectivity index (χ4n) is 1.84. The van der Waals surface area contributed by atoms with E-state index in [1.165, 1.54) is 19.3 Å². The number of ketones is 1. The van der Waals surface area contributed by atoms with Crippen LogP contribution in [0.3, 0.4) is 0 Å². The number of nitrogens with zero attached hydrogens (tertiary/aromatic N) is 1. The van der Waals surface area contributed by atoms with Crippen molar-refractivity contribution in [2.75, 3.05) is 19.6 Å².